The standard InChI is InChI=1S/C19H21ClN4O3S/c1-11-7-23(8-12(2)27-11)19(26)18(25)21-17-15-9-28-10-16(15)22-24(17)14-5-3-13(20)4-6-14/h3-6,11-12H,7-10H2,1-2H3,(H,21,25)/t11-,12-/m1/s1. The van der Waals surface area contributed by atoms with Crippen LogP contribution in [0.4, 0.5) is 5.82 Å². The van der Waals surface area contributed by atoms with Crippen molar-refractivity contribution < 1.29 is 14.3 Å². The van der Waals surface area contributed by atoms with E-state index in [2.05, 4.69) is 10.4 Å². The summed E-state index contributed by atoms with van der Waals surface area (Å²) in [6, 6.07) is 7.21. The van der Waals surface area contributed by atoms with Gasteiger partial charge in [-0.05, 0) is 38.1 Å². The number of carbonyl (C=O) groups is 2. The Morgan fingerprint density at radius 1 is 1.18 bits per heavy atom. The first kappa shape index (κ1) is 19.3. The van der Waals surface area contributed by atoms with Gasteiger partial charge in [0.1, 0.15) is 5.82 Å². The van der Waals surface area contributed by atoms with Crippen LogP contribution in [-0.4, -0.2) is 51.8 Å². The van der Waals surface area contributed by atoms with Crippen LogP contribution in [0.15, 0.2) is 24.3 Å². The first-order valence-corrected chi connectivity index (χ1v) is 10.7. The zero-order chi connectivity index (χ0) is 19.8. The second kappa shape index (κ2) is 7.77. The van der Waals surface area contributed by atoms with Gasteiger partial charge in [0.05, 0.1) is 23.6 Å². The summed E-state index contributed by atoms with van der Waals surface area (Å²) >= 11 is 7.72. The van der Waals surface area contributed by atoms with Crippen molar-refractivity contribution in [1.82, 2.24) is 14.7 Å². The van der Waals surface area contributed by atoms with E-state index in [1.54, 1.807) is 33.5 Å². The van der Waals surface area contributed by atoms with Gasteiger partial charge in [-0.25, -0.2) is 4.68 Å². The summed E-state index contributed by atoms with van der Waals surface area (Å²) < 4.78 is 7.32. The van der Waals surface area contributed by atoms with Crippen LogP contribution in [0.1, 0.15) is 25.1 Å². The van der Waals surface area contributed by atoms with Crippen molar-refractivity contribution in [3.8, 4) is 5.69 Å². The van der Waals surface area contributed by atoms with E-state index in [0.29, 0.717) is 23.9 Å². The average Bonchev–Trinajstić information content (AvgIpc) is 3.23. The molecule has 3 heterocycles. The third-order valence-electron chi connectivity index (χ3n) is 4.76. The molecular weight excluding hydrogens is 400 g/mol. The third-order valence-corrected chi connectivity index (χ3v) is 5.98. The van der Waals surface area contributed by atoms with Crippen molar-refractivity contribution in [3.63, 3.8) is 0 Å². The van der Waals surface area contributed by atoms with Crippen molar-refractivity contribution in [1.29, 1.82) is 0 Å². The molecule has 0 radical (unpaired) electrons. The van der Waals surface area contributed by atoms with Gasteiger partial charge in [-0.3, -0.25) is 9.59 Å². The quantitative estimate of drug-likeness (QED) is 0.756. The van der Waals surface area contributed by atoms with Crippen LogP contribution in [0, 0.1) is 0 Å². The summed E-state index contributed by atoms with van der Waals surface area (Å²) in [5.41, 5.74) is 2.67. The summed E-state index contributed by atoms with van der Waals surface area (Å²) in [5.74, 6) is 0.875. The van der Waals surface area contributed by atoms with Gasteiger partial charge in [0.25, 0.3) is 0 Å². The number of morpholine rings is 1. The molecule has 1 aromatic carbocycles. The van der Waals surface area contributed by atoms with Gasteiger partial charge in [-0.1, -0.05) is 11.6 Å². The van der Waals surface area contributed by atoms with Crippen LogP contribution >= 0.6 is 23.4 Å². The lowest BCUT2D eigenvalue weighted by molar-refractivity contribution is -0.151. The predicted octanol–water partition coefficient (Wildman–Crippen LogP) is 2.85. The Morgan fingerprint density at radius 3 is 2.54 bits per heavy atom. The fourth-order valence-electron chi connectivity index (χ4n) is 3.56. The molecule has 2 aromatic rings. The smallest absolute Gasteiger partial charge is 0.315 e. The topological polar surface area (TPSA) is 76.5 Å². The van der Waals surface area contributed by atoms with E-state index >= 15 is 0 Å². The number of nitrogens with one attached hydrogen (secondary N) is 1. The molecule has 1 aromatic heterocycles. The molecule has 148 valence electrons. The molecule has 2 aliphatic rings. The number of carbonyl (C=O) groups excluding carboxylic acids is 2. The van der Waals surface area contributed by atoms with Crippen LogP contribution < -0.4 is 5.32 Å². The number of nitrogens with zero attached hydrogens (tertiary/aromatic N) is 3. The normalized spacial score (nSPS) is 21.5. The van der Waals surface area contributed by atoms with E-state index in [4.69, 9.17) is 16.3 Å². The molecule has 1 fully saturated rings. The summed E-state index contributed by atoms with van der Waals surface area (Å²) in [7, 11) is 0. The number of aromatic nitrogens is 2. The van der Waals surface area contributed by atoms with Crippen LogP contribution in [0.5, 0.6) is 0 Å². The lowest BCUT2D eigenvalue weighted by Crippen LogP contribution is -2.51. The maximum Gasteiger partial charge on any atom is 0.315 e. The van der Waals surface area contributed by atoms with E-state index in [1.807, 2.05) is 26.0 Å². The van der Waals surface area contributed by atoms with Gasteiger partial charge in [0.15, 0.2) is 0 Å². The molecule has 0 aliphatic carbocycles. The number of ether oxygens (including phenoxy) is 1. The zero-order valence-electron chi connectivity index (χ0n) is 15.6. The highest BCUT2D eigenvalue weighted by molar-refractivity contribution is 7.98. The van der Waals surface area contributed by atoms with Gasteiger partial charge in [-0.2, -0.15) is 16.9 Å². The Bertz CT molecular complexity index is 905. The maximum absolute atomic E-state index is 12.7. The summed E-state index contributed by atoms with van der Waals surface area (Å²) in [6.45, 7) is 4.60. The summed E-state index contributed by atoms with van der Waals surface area (Å²) in [6.07, 6.45) is -0.193. The van der Waals surface area contributed by atoms with Crippen LogP contribution in [0.3, 0.4) is 0 Å². The number of thioether (sulfide) groups is 1. The predicted molar refractivity (Wildman–Crippen MR) is 109 cm³/mol. The molecule has 2 amide bonds. The summed E-state index contributed by atoms with van der Waals surface area (Å²) in [4.78, 5) is 27.0. The highest BCUT2D eigenvalue weighted by Gasteiger charge is 2.32. The molecule has 28 heavy (non-hydrogen) atoms. The Morgan fingerprint density at radius 2 is 1.86 bits per heavy atom. The lowest BCUT2D eigenvalue weighted by atomic mass is 10.2. The van der Waals surface area contributed by atoms with Crippen molar-refractivity contribution >= 4 is 41.0 Å². The minimum Gasteiger partial charge on any atom is -0.372 e. The second-order valence-corrected chi connectivity index (χ2v) is 8.50. The Hall–Kier alpha value is -2.03. The van der Waals surface area contributed by atoms with Gasteiger partial charge >= 0.3 is 11.8 Å². The molecule has 1 N–H and O–H groups in total. The average molecular weight is 421 g/mol. The van der Waals surface area contributed by atoms with Crippen molar-refractivity contribution in [2.24, 2.45) is 0 Å². The minimum absolute atomic E-state index is 0.0965. The highest BCUT2D eigenvalue weighted by atomic mass is 35.5. The molecule has 0 bridgehead atoms. The van der Waals surface area contributed by atoms with Crippen molar-refractivity contribution in [2.75, 3.05) is 18.4 Å². The first-order chi connectivity index (χ1) is 13.4. The van der Waals surface area contributed by atoms with Crippen LogP contribution in [0.25, 0.3) is 5.69 Å². The molecule has 9 heteroatoms. The molecule has 2 aliphatic heterocycles. The van der Waals surface area contributed by atoms with E-state index in [1.165, 1.54) is 0 Å². The van der Waals surface area contributed by atoms with Gasteiger partial charge in [-0.15, -0.1) is 0 Å². The van der Waals surface area contributed by atoms with Crippen LogP contribution in [-0.2, 0) is 25.8 Å². The van der Waals surface area contributed by atoms with Gasteiger partial charge in [0.2, 0.25) is 0 Å². The number of hydrogen-bond donors (Lipinski definition) is 1. The third kappa shape index (κ3) is 3.76. The van der Waals surface area contributed by atoms with E-state index in [-0.39, 0.29) is 12.2 Å². The second-order valence-electron chi connectivity index (χ2n) is 7.08. The molecule has 1 saturated heterocycles. The van der Waals surface area contributed by atoms with E-state index in [9.17, 15) is 9.59 Å². The molecule has 4 rings (SSSR count). The number of rotatable bonds is 2. The summed E-state index contributed by atoms with van der Waals surface area (Å²) in [5, 5.41) is 8.07. The van der Waals surface area contributed by atoms with Crippen molar-refractivity contribution in [2.45, 2.75) is 37.6 Å². The fraction of sp³-hybridized carbons (Fsp3) is 0.421. The van der Waals surface area contributed by atoms with Gasteiger partial charge in [0, 0.05) is 35.2 Å². The number of amides is 2. The van der Waals surface area contributed by atoms with Gasteiger partial charge < -0.3 is 15.0 Å². The van der Waals surface area contributed by atoms with Crippen LogP contribution in [0.2, 0.25) is 5.02 Å². The Labute approximate surface area is 172 Å². The maximum atomic E-state index is 12.7. The molecule has 2 atom stereocenters. The largest absolute Gasteiger partial charge is 0.372 e. The lowest BCUT2D eigenvalue weighted by Gasteiger charge is -2.34. The Balaban J connectivity index is 1.59. The highest BCUT2D eigenvalue weighted by Crippen LogP contribution is 2.36. The minimum atomic E-state index is -0.656. The number of benzene rings is 1. The molecule has 7 nitrogen and oxygen atoms in total. The number of halogens is 1. The molecular formula is C19H21ClN4O3S. The first-order valence-electron chi connectivity index (χ1n) is 9.12. The fourth-order valence-corrected chi connectivity index (χ4v) is 4.72. The molecule has 0 unspecified atom stereocenters. The van der Waals surface area contributed by atoms with Crippen molar-refractivity contribution in [3.05, 3.63) is 40.5 Å². The Kier molecular flexibility index (Phi) is 5.35. The van der Waals surface area contributed by atoms with E-state index in [0.717, 1.165) is 28.5 Å². The number of anilines is 1. The van der Waals surface area contributed by atoms with E-state index < -0.39 is 11.8 Å². The SMILES string of the molecule is C[C@@H]1CN(C(=O)C(=O)Nc2c3c(nn2-c2ccc(Cl)cc2)CSC3)C[C@@H](C)O1. The number of hydrogen-bond acceptors (Lipinski definition) is 5. The molecule has 0 spiro atoms. The number of fused-ring (bicyclic) bond motifs is 1. The monoisotopic (exact) mass is 420 g/mol. The zero-order valence-corrected chi connectivity index (χ0v) is 17.2. The molecule has 0 saturated carbocycles.